The normalized spacial score (nSPS) is 11.1. The first-order valence-electron chi connectivity index (χ1n) is 5.70. The number of hydrogen-bond donors (Lipinski definition) is 0. The summed E-state index contributed by atoms with van der Waals surface area (Å²) in [4.78, 5) is 18.9. The standard InChI is InChI=1S/C13H18N2O2/c1-4-15(5-2)13(14-17-3)12(16)11-9-7-6-8-10-11/h6-10H,4-5H2,1-3H3/b14-13-. The number of nitrogens with zero attached hydrogens (tertiary/aromatic N) is 2. The average Bonchev–Trinajstić information content (AvgIpc) is 2.39. The maximum absolute atomic E-state index is 12.2. The van der Waals surface area contributed by atoms with Crippen LogP contribution in [0.2, 0.25) is 0 Å². The highest BCUT2D eigenvalue weighted by molar-refractivity contribution is 6.44. The predicted molar refractivity (Wildman–Crippen MR) is 68.1 cm³/mol. The van der Waals surface area contributed by atoms with Crippen LogP contribution in [0.1, 0.15) is 24.2 Å². The van der Waals surface area contributed by atoms with E-state index in [9.17, 15) is 4.79 Å². The minimum Gasteiger partial charge on any atom is -0.397 e. The smallest absolute Gasteiger partial charge is 0.231 e. The number of hydrogen-bond acceptors (Lipinski definition) is 3. The summed E-state index contributed by atoms with van der Waals surface area (Å²) in [6.45, 7) is 5.40. The van der Waals surface area contributed by atoms with Crippen molar-refractivity contribution in [2.75, 3.05) is 20.2 Å². The van der Waals surface area contributed by atoms with Crippen LogP contribution >= 0.6 is 0 Å². The van der Waals surface area contributed by atoms with Crippen molar-refractivity contribution in [2.24, 2.45) is 5.16 Å². The van der Waals surface area contributed by atoms with Crippen LogP contribution in [0.4, 0.5) is 0 Å². The van der Waals surface area contributed by atoms with Crippen LogP contribution in [0.3, 0.4) is 0 Å². The van der Waals surface area contributed by atoms with Gasteiger partial charge in [-0.25, -0.2) is 0 Å². The number of oxime groups is 1. The Morgan fingerprint density at radius 1 is 1.24 bits per heavy atom. The van der Waals surface area contributed by atoms with E-state index in [1.165, 1.54) is 7.11 Å². The van der Waals surface area contributed by atoms with E-state index in [0.717, 1.165) is 13.1 Å². The second-order valence-electron chi connectivity index (χ2n) is 3.46. The fourth-order valence-corrected chi connectivity index (χ4v) is 1.57. The van der Waals surface area contributed by atoms with Crippen LogP contribution in [-0.4, -0.2) is 36.7 Å². The van der Waals surface area contributed by atoms with E-state index in [1.54, 1.807) is 12.1 Å². The molecule has 1 rings (SSSR count). The fourth-order valence-electron chi connectivity index (χ4n) is 1.57. The molecule has 0 atom stereocenters. The summed E-state index contributed by atoms with van der Waals surface area (Å²) in [5, 5.41) is 3.84. The lowest BCUT2D eigenvalue weighted by molar-refractivity contribution is 0.103. The first-order chi connectivity index (χ1) is 8.24. The van der Waals surface area contributed by atoms with Crippen LogP contribution < -0.4 is 0 Å². The number of amidine groups is 1. The van der Waals surface area contributed by atoms with E-state index >= 15 is 0 Å². The van der Waals surface area contributed by atoms with Crippen molar-refractivity contribution >= 4 is 11.6 Å². The molecule has 0 bridgehead atoms. The molecule has 1 aromatic rings. The van der Waals surface area contributed by atoms with E-state index in [0.29, 0.717) is 11.4 Å². The number of carbonyl (C=O) groups excluding carboxylic acids is 1. The molecule has 0 heterocycles. The van der Waals surface area contributed by atoms with Crippen molar-refractivity contribution in [3.05, 3.63) is 35.9 Å². The molecular weight excluding hydrogens is 216 g/mol. The predicted octanol–water partition coefficient (Wildman–Crippen LogP) is 2.17. The zero-order valence-electron chi connectivity index (χ0n) is 10.5. The highest BCUT2D eigenvalue weighted by Gasteiger charge is 2.19. The Balaban J connectivity index is 3.00. The minimum absolute atomic E-state index is 0.115. The number of benzene rings is 1. The van der Waals surface area contributed by atoms with Crippen LogP contribution in [0.25, 0.3) is 0 Å². The minimum atomic E-state index is -0.115. The average molecular weight is 234 g/mol. The van der Waals surface area contributed by atoms with Crippen molar-refractivity contribution in [3.8, 4) is 0 Å². The largest absolute Gasteiger partial charge is 0.397 e. The summed E-state index contributed by atoms with van der Waals surface area (Å²) in [7, 11) is 1.45. The van der Waals surface area contributed by atoms with Crippen molar-refractivity contribution in [2.45, 2.75) is 13.8 Å². The molecule has 92 valence electrons. The van der Waals surface area contributed by atoms with Gasteiger partial charge in [0.1, 0.15) is 7.11 Å². The summed E-state index contributed by atoms with van der Waals surface area (Å²) in [6, 6.07) is 9.09. The second kappa shape index (κ2) is 6.68. The maximum Gasteiger partial charge on any atom is 0.231 e. The van der Waals surface area contributed by atoms with Gasteiger partial charge in [0.05, 0.1) is 0 Å². The molecule has 0 aliphatic rings. The number of likely N-dealkylation sites (N-methyl/N-ethyl adjacent to an activating group) is 1. The monoisotopic (exact) mass is 234 g/mol. The number of Topliss-reactive ketones (excluding diaryl/α,β-unsaturated/α-hetero) is 1. The van der Waals surface area contributed by atoms with Crippen molar-refractivity contribution in [3.63, 3.8) is 0 Å². The van der Waals surface area contributed by atoms with Gasteiger partial charge in [0.15, 0.2) is 0 Å². The van der Waals surface area contributed by atoms with Crippen LogP contribution in [0.15, 0.2) is 35.5 Å². The molecular formula is C13H18N2O2. The molecule has 0 N–H and O–H groups in total. The topological polar surface area (TPSA) is 41.9 Å². The zero-order valence-corrected chi connectivity index (χ0v) is 10.5. The molecule has 0 aromatic heterocycles. The molecule has 0 amide bonds. The van der Waals surface area contributed by atoms with Gasteiger partial charge in [0, 0.05) is 18.7 Å². The molecule has 0 saturated heterocycles. The SMILES string of the molecule is CCN(CC)/C(=N\OC)C(=O)c1ccccc1. The van der Waals surface area contributed by atoms with Gasteiger partial charge in [-0.1, -0.05) is 35.5 Å². The van der Waals surface area contributed by atoms with Crippen LogP contribution in [-0.2, 0) is 4.84 Å². The van der Waals surface area contributed by atoms with Gasteiger partial charge in [-0.2, -0.15) is 0 Å². The Hall–Kier alpha value is -1.84. The van der Waals surface area contributed by atoms with E-state index in [-0.39, 0.29) is 5.78 Å². The Bertz CT molecular complexity index is 384. The summed E-state index contributed by atoms with van der Waals surface area (Å²) < 4.78 is 0. The highest BCUT2D eigenvalue weighted by Crippen LogP contribution is 2.05. The third-order valence-electron chi connectivity index (χ3n) is 2.48. The van der Waals surface area contributed by atoms with E-state index in [4.69, 9.17) is 4.84 Å². The van der Waals surface area contributed by atoms with Crippen molar-refractivity contribution in [1.29, 1.82) is 0 Å². The highest BCUT2D eigenvalue weighted by atomic mass is 16.6. The van der Waals surface area contributed by atoms with Gasteiger partial charge in [-0.3, -0.25) is 4.79 Å². The summed E-state index contributed by atoms with van der Waals surface area (Å²) in [6.07, 6.45) is 0. The Morgan fingerprint density at radius 3 is 2.29 bits per heavy atom. The van der Waals surface area contributed by atoms with Gasteiger partial charge in [0.25, 0.3) is 0 Å². The first-order valence-corrected chi connectivity index (χ1v) is 5.70. The number of ketones is 1. The number of rotatable bonds is 5. The Morgan fingerprint density at radius 2 is 1.82 bits per heavy atom. The molecule has 17 heavy (non-hydrogen) atoms. The van der Waals surface area contributed by atoms with Gasteiger partial charge >= 0.3 is 0 Å². The quantitative estimate of drug-likeness (QED) is 0.339. The first kappa shape index (κ1) is 13.2. The molecule has 0 aliphatic heterocycles. The molecule has 0 saturated carbocycles. The molecule has 1 aromatic carbocycles. The van der Waals surface area contributed by atoms with Gasteiger partial charge < -0.3 is 9.74 Å². The molecule has 0 radical (unpaired) electrons. The van der Waals surface area contributed by atoms with Crippen LogP contribution in [0, 0.1) is 0 Å². The lowest BCUT2D eigenvalue weighted by atomic mass is 10.1. The molecule has 0 unspecified atom stereocenters. The molecule has 4 heteroatoms. The third kappa shape index (κ3) is 3.31. The van der Waals surface area contributed by atoms with E-state index in [2.05, 4.69) is 5.16 Å². The van der Waals surface area contributed by atoms with Gasteiger partial charge in [-0.05, 0) is 13.8 Å². The Kier molecular flexibility index (Phi) is 5.20. The second-order valence-corrected chi connectivity index (χ2v) is 3.46. The molecule has 0 fully saturated rings. The van der Waals surface area contributed by atoms with E-state index in [1.807, 2.05) is 36.9 Å². The summed E-state index contributed by atoms with van der Waals surface area (Å²) >= 11 is 0. The van der Waals surface area contributed by atoms with Gasteiger partial charge in [0.2, 0.25) is 11.6 Å². The summed E-state index contributed by atoms with van der Waals surface area (Å²) in [5.74, 6) is 0.236. The third-order valence-corrected chi connectivity index (χ3v) is 2.48. The lowest BCUT2D eigenvalue weighted by Crippen LogP contribution is -2.36. The fraction of sp³-hybridized carbons (Fsp3) is 0.385. The molecule has 4 nitrogen and oxygen atoms in total. The lowest BCUT2D eigenvalue weighted by Gasteiger charge is -2.20. The van der Waals surface area contributed by atoms with Gasteiger partial charge in [-0.15, -0.1) is 0 Å². The Labute approximate surface area is 102 Å². The molecule has 0 spiro atoms. The number of carbonyl (C=O) groups is 1. The summed E-state index contributed by atoms with van der Waals surface area (Å²) in [5.41, 5.74) is 0.621. The van der Waals surface area contributed by atoms with E-state index < -0.39 is 0 Å². The molecule has 0 aliphatic carbocycles. The van der Waals surface area contributed by atoms with Crippen molar-refractivity contribution in [1.82, 2.24) is 4.90 Å². The maximum atomic E-state index is 12.2. The van der Waals surface area contributed by atoms with Crippen molar-refractivity contribution < 1.29 is 9.63 Å². The zero-order chi connectivity index (χ0) is 12.7. The van der Waals surface area contributed by atoms with Crippen LogP contribution in [0.5, 0.6) is 0 Å².